The van der Waals surface area contributed by atoms with Gasteiger partial charge in [-0.2, -0.15) is 4.98 Å². The summed E-state index contributed by atoms with van der Waals surface area (Å²) in [7, 11) is 0. The highest BCUT2D eigenvalue weighted by molar-refractivity contribution is 5.93. The molecule has 2 aromatic heterocycles. The number of nitro groups is 1. The number of fused-ring (bicyclic) bond motifs is 1. The molecule has 0 aliphatic carbocycles. The monoisotopic (exact) mass is 401 g/mol. The molecule has 0 aliphatic heterocycles. The maximum atomic E-state index is 11.8. The molecule has 1 N–H and O–H groups in total. The number of pyridine rings is 1. The van der Waals surface area contributed by atoms with Gasteiger partial charge in [0.15, 0.2) is 0 Å². The number of hydrogen-bond donors (Lipinski definition) is 1. The molecular weight excluding hydrogens is 382 g/mol. The average molecular weight is 401 g/mol. The number of ether oxygens (including phenoxy) is 1. The fraction of sp³-hybridized carbons (Fsp3) is 0.136. The Balaban J connectivity index is 1.75. The quantitative estimate of drug-likeness (QED) is 0.353. The Morgan fingerprint density at radius 3 is 2.60 bits per heavy atom. The summed E-state index contributed by atoms with van der Waals surface area (Å²) in [5.74, 6) is 0.382. The van der Waals surface area contributed by atoms with E-state index in [4.69, 9.17) is 4.74 Å². The van der Waals surface area contributed by atoms with Gasteiger partial charge in [0.25, 0.3) is 0 Å². The van der Waals surface area contributed by atoms with E-state index in [2.05, 4.69) is 20.3 Å². The van der Waals surface area contributed by atoms with E-state index in [9.17, 15) is 10.1 Å². The van der Waals surface area contributed by atoms with Gasteiger partial charge in [0.1, 0.15) is 12.1 Å². The molecule has 30 heavy (non-hydrogen) atoms. The third kappa shape index (κ3) is 3.75. The van der Waals surface area contributed by atoms with Crippen LogP contribution >= 0.6 is 0 Å². The smallest absolute Gasteiger partial charge is 0.373 e. The average Bonchev–Trinajstić information content (AvgIpc) is 2.70. The molecule has 0 unspecified atom stereocenters. The Morgan fingerprint density at radius 1 is 1.00 bits per heavy atom. The van der Waals surface area contributed by atoms with Gasteiger partial charge in [-0.1, -0.05) is 12.1 Å². The van der Waals surface area contributed by atoms with E-state index in [1.165, 1.54) is 6.33 Å². The minimum atomic E-state index is -0.549. The van der Waals surface area contributed by atoms with Gasteiger partial charge in [-0.05, 0) is 68.3 Å². The van der Waals surface area contributed by atoms with Crippen molar-refractivity contribution in [3.63, 3.8) is 0 Å². The molecular formula is C22H19N5O3. The van der Waals surface area contributed by atoms with Crippen LogP contribution in [0.5, 0.6) is 11.6 Å². The summed E-state index contributed by atoms with van der Waals surface area (Å²) in [6.45, 7) is 5.83. The van der Waals surface area contributed by atoms with Crippen molar-refractivity contribution in [3.05, 3.63) is 81.8 Å². The summed E-state index contributed by atoms with van der Waals surface area (Å²) in [6, 6.07) is 14.8. The SMILES string of the molecule is Cc1ccc2c(Nc3ncnc(Oc4ccc(C)c(C)c4)c3[N+](=O)[O-])cccc2n1. The van der Waals surface area contributed by atoms with Crippen molar-refractivity contribution >= 4 is 28.1 Å². The summed E-state index contributed by atoms with van der Waals surface area (Å²) >= 11 is 0. The van der Waals surface area contributed by atoms with Crippen LogP contribution in [0.1, 0.15) is 16.8 Å². The molecule has 0 spiro atoms. The molecule has 4 rings (SSSR count). The van der Waals surface area contributed by atoms with Gasteiger partial charge in [0.2, 0.25) is 5.82 Å². The van der Waals surface area contributed by atoms with Crippen molar-refractivity contribution in [1.29, 1.82) is 0 Å². The molecule has 0 amide bonds. The first kappa shape index (κ1) is 19.3. The van der Waals surface area contributed by atoms with Crippen LogP contribution in [0.25, 0.3) is 10.9 Å². The predicted molar refractivity (Wildman–Crippen MR) is 114 cm³/mol. The maximum absolute atomic E-state index is 11.8. The molecule has 8 heteroatoms. The van der Waals surface area contributed by atoms with E-state index in [1.54, 1.807) is 6.07 Å². The summed E-state index contributed by atoms with van der Waals surface area (Å²) in [6.07, 6.45) is 1.24. The Labute approximate surface area is 172 Å². The molecule has 0 radical (unpaired) electrons. The lowest BCUT2D eigenvalue weighted by molar-refractivity contribution is -0.385. The van der Waals surface area contributed by atoms with E-state index >= 15 is 0 Å². The van der Waals surface area contributed by atoms with Crippen LogP contribution in [-0.4, -0.2) is 19.9 Å². The highest BCUT2D eigenvalue weighted by atomic mass is 16.6. The van der Waals surface area contributed by atoms with Gasteiger partial charge in [0, 0.05) is 16.8 Å². The lowest BCUT2D eigenvalue weighted by Crippen LogP contribution is -2.04. The second-order valence-corrected chi connectivity index (χ2v) is 6.93. The fourth-order valence-corrected chi connectivity index (χ4v) is 3.08. The van der Waals surface area contributed by atoms with Crippen LogP contribution in [0.3, 0.4) is 0 Å². The van der Waals surface area contributed by atoms with Gasteiger partial charge in [-0.25, -0.2) is 4.98 Å². The van der Waals surface area contributed by atoms with Crippen molar-refractivity contribution < 1.29 is 9.66 Å². The highest BCUT2D eigenvalue weighted by Crippen LogP contribution is 2.37. The van der Waals surface area contributed by atoms with Gasteiger partial charge in [0.05, 0.1) is 10.4 Å². The van der Waals surface area contributed by atoms with Crippen molar-refractivity contribution in [2.45, 2.75) is 20.8 Å². The topological polar surface area (TPSA) is 103 Å². The zero-order valence-electron chi connectivity index (χ0n) is 16.7. The summed E-state index contributed by atoms with van der Waals surface area (Å²) in [5, 5.41) is 15.7. The van der Waals surface area contributed by atoms with Crippen LogP contribution < -0.4 is 10.1 Å². The maximum Gasteiger partial charge on any atom is 0.373 e. The van der Waals surface area contributed by atoms with Crippen molar-refractivity contribution in [2.75, 3.05) is 5.32 Å². The first-order chi connectivity index (χ1) is 14.4. The van der Waals surface area contributed by atoms with E-state index in [0.717, 1.165) is 27.7 Å². The van der Waals surface area contributed by atoms with Crippen LogP contribution in [0, 0.1) is 30.9 Å². The predicted octanol–water partition coefficient (Wildman–Crippen LogP) is 5.39. The van der Waals surface area contributed by atoms with Gasteiger partial charge in [-0.15, -0.1) is 0 Å². The molecule has 150 valence electrons. The van der Waals surface area contributed by atoms with E-state index in [0.29, 0.717) is 11.4 Å². The Bertz CT molecular complexity index is 1270. The number of hydrogen-bond acceptors (Lipinski definition) is 7. The van der Waals surface area contributed by atoms with Crippen molar-refractivity contribution in [2.24, 2.45) is 0 Å². The molecule has 0 saturated carbocycles. The van der Waals surface area contributed by atoms with Crippen LogP contribution in [-0.2, 0) is 0 Å². The number of benzene rings is 2. The van der Waals surface area contributed by atoms with Crippen molar-refractivity contribution in [1.82, 2.24) is 15.0 Å². The third-order valence-electron chi connectivity index (χ3n) is 4.79. The van der Waals surface area contributed by atoms with E-state index in [1.807, 2.05) is 63.2 Å². The standard InChI is InChI=1S/C22H19N5O3/c1-13-7-9-16(11-14(13)2)30-22-20(27(28)29)21(23-12-24-22)26-19-6-4-5-18-17(19)10-8-15(3)25-18/h4-12H,1-3H3,(H,23,24,26). The van der Waals surface area contributed by atoms with Crippen LogP contribution in [0.4, 0.5) is 17.2 Å². The van der Waals surface area contributed by atoms with E-state index < -0.39 is 4.92 Å². The lowest BCUT2D eigenvalue weighted by Gasteiger charge is -2.12. The minimum Gasteiger partial charge on any atom is -0.434 e. The Morgan fingerprint density at radius 2 is 1.83 bits per heavy atom. The summed E-state index contributed by atoms with van der Waals surface area (Å²) in [5.41, 5.74) is 4.09. The largest absolute Gasteiger partial charge is 0.434 e. The van der Waals surface area contributed by atoms with Gasteiger partial charge >= 0.3 is 11.6 Å². The van der Waals surface area contributed by atoms with Gasteiger partial charge in [-0.3, -0.25) is 15.1 Å². The first-order valence-corrected chi connectivity index (χ1v) is 9.30. The highest BCUT2D eigenvalue weighted by Gasteiger charge is 2.25. The number of rotatable bonds is 5. The number of aryl methyl sites for hydroxylation is 3. The molecule has 8 nitrogen and oxygen atoms in total. The normalized spacial score (nSPS) is 10.8. The molecule has 0 atom stereocenters. The molecule has 2 heterocycles. The third-order valence-corrected chi connectivity index (χ3v) is 4.79. The van der Waals surface area contributed by atoms with Crippen LogP contribution in [0.15, 0.2) is 54.9 Å². The number of nitrogens with one attached hydrogen (secondary N) is 1. The number of nitrogens with zero attached hydrogens (tertiary/aromatic N) is 4. The second kappa shape index (κ2) is 7.75. The molecule has 0 aliphatic rings. The number of aromatic nitrogens is 3. The summed E-state index contributed by atoms with van der Waals surface area (Å²) in [4.78, 5) is 23.9. The Kier molecular flexibility index (Phi) is 4.97. The molecule has 0 saturated heterocycles. The molecule has 4 aromatic rings. The minimum absolute atomic E-state index is 0.0434. The molecule has 0 fully saturated rings. The zero-order chi connectivity index (χ0) is 21.3. The first-order valence-electron chi connectivity index (χ1n) is 9.30. The molecule has 2 aromatic carbocycles. The van der Waals surface area contributed by atoms with Crippen LogP contribution in [0.2, 0.25) is 0 Å². The Hall–Kier alpha value is -4.07. The second-order valence-electron chi connectivity index (χ2n) is 6.93. The lowest BCUT2D eigenvalue weighted by atomic mass is 10.1. The van der Waals surface area contributed by atoms with Gasteiger partial charge < -0.3 is 10.1 Å². The fourth-order valence-electron chi connectivity index (χ4n) is 3.08. The van der Waals surface area contributed by atoms with E-state index in [-0.39, 0.29) is 17.4 Å². The summed E-state index contributed by atoms with van der Waals surface area (Å²) < 4.78 is 5.74. The molecule has 0 bridgehead atoms. The zero-order valence-corrected chi connectivity index (χ0v) is 16.7. The number of anilines is 2. The van der Waals surface area contributed by atoms with Crippen molar-refractivity contribution in [3.8, 4) is 11.6 Å².